The van der Waals surface area contributed by atoms with Crippen LogP contribution in [0.5, 0.6) is 0 Å². The van der Waals surface area contributed by atoms with Gasteiger partial charge in [-0.25, -0.2) is 15.0 Å². The van der Waals surface area contributed by atoms with Crippen molar-refractivity contribution in [2.45, 2.75) is 12.8 Å². The second-order valence-corrected chi connectivity index (χ2v) is 6.94. The molecule has 2 aromatic heterocycles. The van der Waals surface area contributed by atoms with E-state index in [0.29, 0.717) is 12.4 Å². The molecular weight excluding hydrogens is 412 g/mol. The van der Waals surface area contributed by atoms with Crippen LogP contribution in [0, 0.1) is 10.1 Å². The van der Waals surface area contributed by atoms with Crippen molar-refractivity contribution in [3.63, 3.8) is 0 Å². The molecule has 0 spiro atoms. The highest BCUT2D eigenvalue weighted by atomic mass is 79.9. The summed E-state index contributed by atoms with van der Waals surface area (Å²) in [5.41, 5.74) is 1.93. The minimum absolute atomic E-state index is 0.114. The third-order valence-corrected chi connectivity index (χ3v) is 4.79. The van der Waals surface area contributed by atoms with Gasteiger partial charge < -0.3 is 10.2 Å². The average molecular weight is 427 g/mol. The van der Waals surface area contributed by atoms with Crippen molar-refractivity contribution in [2.24, 2.45) is 0 Å². The van der Waals surface area contributed by atoms with E-state index in [0.717, 1.165) is 28.6 Å². The summed E-state index contributed by atoms with van der Waals surface area (Å²) in [5, 5.41) is 14.8. The first kappa shape index (κ1) is 17.3. The summed E-state index contributed by atoms with van der Waals surface area (Å²) in [5.74, 6) is 0.856. The van der Waals surface area contributed by atoms with E-state index in [2.05, 4.69) is 36.2 Å². The summed E-state index contributed by atoms with van der Waals surface area (Å²) in [6.45, 7) is 0.658. The molecule has 0 saturated heterocycles. The summed E-state index contributed by atoms with van der Waals surface area (Å²) in [7, 11) is 0. The van der Waals surface area contributed by atoms with Gasteiger partial charge in [0.25, 0.3) is 0 Å². The molecule has 9 heteroatoms. The molecule has 27 heavy (non-hydrogen) atoms. The van der Waals surface area contributed by atoms with Gasteiger partial charge in [-0.1, -0.05) is 18.2 Å². The predicted octanol–water partition coefficient (Wildman–Crippen LogP) is 4.37. The molecule has 1 aromatic carbocycles. The molecule has 3 heterocycles. The zero-order chi connectivity index (χ0) is 18.8. The van der Waals surface area contributed by atoms with Crippen molar-refractivity contribution >= 4 is 44.8 Å². The van der Waals surface area contributed by atoms with Gasteiger partial charge in [0, 0.05) is 22.9 Å². The molecule has 136 valence electrons. The Hall–Kier alpha value is -3.07. The molecule has 0 amide bonds. The number of anilines is 4. The Labute approximate surface area is 163 Å². The Kier molecular flexibility index (Phi) is 4.68. The van der Waals surface area contributed by atoms with E-state index < -0.39 is 4.92 Å². The minimum atomic E-state index is -0.451. The van der Waals surface area contributed by atoms with E-state index in [1.165, 1.54) is 6.33 Å². The fraction of sp³-hybridized carbons (Fsp3) is 0.167. The number of pyridine rings is 1. The number of aromatic nitrogens is 3. The van der Waals surface area contributed by atoms with Crippen molar-refractivity contribution in [3.8, 4) is 0 Å². The lowest BCUT2D eigenvalue weighted by Crippen LogP contribution is -2.26. The monoisotopic (exact) mass is 426 g/mol. The smallest absolute Gasteiger partial charge is 0.320 e. The highest BCUT2D eigenvalue weighted by Gasteiger charge is 2.30. The van der Waals surface area contributed by atoms with E-state index in [-0.39, 0.29) is 17.3 Å². The molecule has 0 bridgehead atoms. The van der Waals surface area contributed by atoms with Crippen LogP contribution in [-0.4, -0.2) is 26.4 Å². The van der Waals surface area contributed by atoms with Crippen molar-refractivity contribution in [2.75, 3.05) is 16.8 Å². The van der Waals surface area contributed by atoms with E-state index in [4.69, 9.17) is 0 Å². The summed E-state index contributed by atoms with van der Waals surface area (Å²) in [6, 6.07) is 11.4. The molecule has 1 aliphatic heterocycles. The van der Waals surface area contributed by atoms with Crippen molar-refractivity contribution < 1.29 is 4.92 Å². The number of nitrogens with one attached hydrogen (secondary N) is 1. The number of halogens is 1. The molecule has 8 nitrogen and oxygen atoms in total. The Bertz CT molecular complexity index is 995. The van der Waals surface area contributed by atoms with Gasteiger partial charge in [0.2, 0.25) is 11.6 Å². The highest BCUT2D eigenvalue weighted by molar-refractivity contribution is 9.10. The zero-order valence-corrected chi connectivity index (χ0v) is 15.8. The van der Waals surface area contributed by atoms with Crippen LogP contribution in [0.25, 0.3) is 0 Å². The largest absolute Gasteiger partial charge is 0.354 e. The number of aryl methyl sites for hydroxylation is 1. The summed E-state index contributed by atoms with van der Waals surface area (Å²) in [4.78, 5) is 25.8. The lowest BCUT2D eigenvalue weighted by atomic mass is 10.0. The normalized spacial score (nSPS) is 13.1. The van der Waals surface area contributed by atoms with E-state index in [9.17, 15) is 10.1 Å². The Morgan fingerprint density at radius 2 is 2.00 bits per heavy atom. The molecule has 1 aliphatic rings. The van der Waals surface area contributed by atoms with Crippen LogP contribution < -0.4 is 10.2 Å². The number of benzene rings is 1. The number of para-hydroxylation sites is 1. The summed E-state index contributed by atoms with van der Waals surface area (Å²) in [6.07, 6.45) is 4.78. The first-order valence-electron chi connectivity index (χ1n) is 8.37. The minimum Gasteiger partial charge on any atom is -0.320 e. The molecular formula is C18H15BrN6O2. The molecule has 3 aromatic rings. The van der Waals surface area contributed by atoms with Crippen LogP contribution >= 0.6 is 15.9 Å². The molecule has 0 saturated carbocycles. The number of nitrogens with zero attached hydrogens (tertiary/aromatic N) is 5. The van der Waals surface area contributed by atoms with Crippen molar-refractivity contribution in [1.29, 1.82) is 0 Å². The van der Waals surface area contributed by atoms with Crippen molar-refractivity contribution in [3.05, 3.63) is 69.1 Å². The lowest BCUT2D eigenvalue weighted by Gasteiger charge is -2.30. The quantitative estimate of drug-likeness (QED) is 0.488. The van der Waals surface area contributed by atoms with Crippen LogP contribution in [0.1, 0.15) is 12.0 Å². The Morgan fingerprint density at radius 1 is 1.15 bits per heavy atom. The number of hydrogen-bond acceptors (Lipinski definition) is 7. The van der Waals surface area contributed by atoms with E-state index in [1.807, 2.05) is 29.2 Å². The maximum atomic E-state index is 11.9. The third kappa shape index (κ3) is 3.45. The number of hydrogen-bond donors (Lipinski definition) is 1. The molecule has 0 unspecified atom stereocenters. The second kappa shape index (κ2) is 7.28. The Balaban J connectivity index is 1.78. The van der Waals surface area contributed by atoms with Gasteiger partial charge in [0.1, 0.15) is 12.1 Å². The van der Waals surface area contributed by atoms with Gasteiger partial charge in [-0.2, -0.15) is 0 Å². The molecule has 1 N–H and O–H groups in total. The maximum absolute atomic E-state index is 11.9. The molecule has 0 aliphatic carbocycles. The summed E-state index contributed by atoms with van der Waals surface area (Å²) < 4.78 is 0.816. The van der Waals surface area contributed by atoms with Gasteiger partial charge >= 0.3 is 5.69 Å². The first-order chi connectivity index (χ1) is 13.1. The van der Waals surface area contributed by atoms with Gasteiger partial charge in [-0.3, -0.25) is 10.1 Å². The average Bonchev–Trinajstić information content (AvgIpc) is 2.69. The maximum Gasteiger partial charge on any atom is 0.354 e. The SMILES string of the molecule is O=[N+]([O-])c1c(Nc2ccc(Br)cn2)ncnc1N1CCCc2ccccc21. The van der Waals surface area contributed by atoms with Gasteiger partial charge in [-0.15, -0.1) is 0 Å². The number of nitro groups is 1. The van der Waals surface area contributed by atoms with Gasteiger partial charge in [0.05, 0.1) is 4.92 Å². The topological polar surface area (TPSA) is 97.1 Å². The van der Waals surface area contributed by atoms with Crippen molar-refractivity contribution in [1.82, 2.24) is 15.0 Å². The van der Waals surface area contributed by atoms with Gasteiger partial charge in [0.15, 0.2) is 0 Å². The molecule has 0 fully saturated rings. The van der Waals surface area contributed by atoms with Crippen LogP contribution in [-0.2, 0) is 6.42 Å². The fourth-order valence-corrected chi connectivity index (χ4v) is 3.39. The van der Waals surface area contributed by atoms with Crippen LogP contribution in [0.15, 0.2) is 53.4 Å². The number of fused-ring (bicyclic) bond motifs is 1. The molecule has 0 atom stereocenters. The Morgan fingerprint density at radius 3 is 2.78 bits per heavy atom. The fourth-order valence-electron chi connectivity index (χ4n) is 3.15. The van der Waals surface area contributed by atoms with E-state index >= 15 is 0 Å². The third-order valence-electron chi connectivity index (χ3n) is 4.33. The lowest BCUT2D eigenvalue weighted by molar-refractivity contribution is -0.383. The molecule has 0 radical (unpaired) electrons. The highest BCUT2D eigenvalue weighted by Crippen LogP contribution is 2.39. The van der Waals surface area contributed by atoms with Gasteiger partial charge in [-0.05, 0) is 52.5 Å². The van der Waals surface area contributed by atoms with Crippen LogP contribution in [0.4, 0.5) is 28.8 Å². The predicted molar refractivity (Wildman–Crippen MR) is 106 cm³/mol. The van der Waals surface area contributed by atoms with E-state index in [1.54, 1.807) is 18.3 Å². The first-order valence-corrected chi connectivity index (χ1v) is 9.16. The molecule has 4 rings (SSSR count). The zero-order valence-electron chi connectivity index (χ0n) is 14.2. The standard InChI is InChI=1S/C18H15BrN6O2/c19-13-7-8-15(20-10-13)23-17-16(25(26)27)18(22-11-21-17)24-9-3-5-12-4-1-2-6-14(12)24/h1-2,4,6-8,10-11H,3,5,9H2,(H,20,21,22,23). The second-order valence-electron chi connectivity index (χ2n) is 6.02. The van der Waals surface area contributed by atoms with Crippen LogP contribution in [0.3, 0.4) is 0 Å². The summed E-state index contributed by atoms with van der Waals surface area (Å²) >= 11 is 3.32. The van der Waals surface area contributed by atoms with Crippen LogP contribution in [0.2, 0.25) is 0 Å². The number of rotatable bonds is 4.